The van der Waals surface area contributed by atoms with Crippen LogP contribution in [0.15, 0.2) is 134 Å². The molecule has 0 aliphatic rings. The SMILES string of the molecule is CC/C=C\C/C=C\C/C=C\C/C=C\CCCCCCCCC(=O)OCC(COCCCCC/C=C\C/C=C\C/C=C\C/C=C\CC)OC(=O)CCCCCCC/C=C\C/C=C\C/C=C\CC. The number of carbonyl (C=O) groups is 2. The van der Waals surface area contributed by atoms with Gasteiger partial charge in [0.2, 0.25) is 0 Å². The van der Waals surface area contributed by atoms with Gasteiger partial charge in [0.05, 0.1) is 6.61 Å². The number of hydrogen-bond donors (Lipinski definition) is 0. The van der Waals surface area contributed by atoms with Crippen molar-refractivity contribution >= 4 is 11.9 Å². The van der Waals surface area contributed by atoms with Gasteiger partial charge in [-0.15, -0.1) is 0 Å². The van der Waals surface area contributed by atoms with Gasteiger partial charge >= 0.3 is 11.9 Å². The van der Waals surface area contributed by atoms with Crippen molar-refractivity contribution in [3.05, 3.63) is 134 Å². The average Bonchev–Trinajstić information content (AvgIpc) is 3.32. The van der Waals surface area contributed by atoms with Crippen molar-refractivity contribution < 1.29 is 23.8 Å². The zero-order chi connectivity index (χ0) is 47.7. The molecule has 1 atom stereocenters. The maximum Gasteiger partial charge on any atom is 0.306 e. The quantitative estimate of drug-likeness (QED) is 0.0346. The molecule has 5 heteroatoms. The van der Waals surface area contributed by atoms with Crippen molar-refractivity contribution in [3.8, 4) is 0 Å². The van der Waals surface area contributed by atoms with Crippen LogP contribution in [0.2, 0.25) is 0 Å². The first-order chi connectivity index (χ1) is 32.6. The van der Waals surface area contributed by atoms with Crippen molar-refractivity contribution in [1.82, 2.24) is 0 Å². The van der Waals surface area contributed by atoms with Crippen LogP contribution in [0.3, 0.4) is 0 Å². The number of unbranched alkanes of at least 4 members (excludes halogenated alkanes) is 14. The summed E-state index contributed by atoms with van der Waals surface area (Å²) in [4.78, 5) is 25.5. The van der Waals surface area contributed by atoms with Gasteiger partial charge in [0.25, 0.3) is 0 Å². The molecule has 0 radical (unpaired) electrons. The Morgan fingerprint density at radius 1 is 0.333 bits per heavy atom. The second kappa shape index (κ2) is 55.4. The molecular weight excluding hydrogens is 813 g/mol. The highest BCUT2D eigenvalue weighted by atomic mass is 16.6. The van der Waals surface area contributed by atoms with Crippen LogP contribution >= 0.6 is 0 Å². The Morgan fingerprint density at radius 2 is 0.636 bits per heavy atom. The van der Waals surface area contributed by atoms with E-state index >= 15 is 0 Å². The molecule has 0 N–H and O–H groups in total. The molecule has 0 aliphatic carbocycles. The molecule has 5 nitrogen and oxygen atoms in total. The van der Waals surface area contributed by atoms with Crippen LogP contribution in [-0.4, -0.2) is 37.9 Å². The topological polar surface area (TPSA) is 61.8 Å². The number of rotatable bonds is 47. The molecule has 1 unspecified atom stereocenters. The third-order valence-corrected chi connectivity index (χ3v) is 10.7. The molecule has 0 rings (SSSR count). The number of carbonyl (C=O) groups excluding carboxylic acids is 2. The van der Waals surface area contributed by atoms with Gasteiger partial charge in [0.15, 0.2) is 6.10 Å². The Hall–Kier alpha value is -3.96. The van der Waals surface area contributed by atoms with E-state index in [1.54, 1.807) is 0 Å². The maximum absolute atomic E-state index is 12.8. The molecule has 0 aliphatic heterocycles. The zero-order valence-corrected chi connectivity index (χ0v) is 42.7. The van der Waals surface area contributed by atoms with Crippen LogP contribution in [0.25, 0.3) is 0 Å². The molecule has 66 heavy (non-hydrogen) atoms. The van der Waals surface area contributed by atoms with Crippen molar-refractivity contribution in [1.29, 1.82) is 0 Å². The van der Waals surface area contributed by atoms with Crippen LogP contribution in [0.4, 0.5) is 0 Å². The number of ether oxygens (including phenoxy) is 3. The van der Waals surface area contributed by atoms with Gasteiger partial charge in [-0.2, -0.15) is 0 Å². The monoisotopic (exact) mass is 911 g/mol. The average molecular weight is 911 g/mol. The smallest absolute Gasteiger partial charge is 0.306 e. The minimum absolute atomic E-state index is 0.0485. The highest BCUT2D eigenvalue weighted by molar-refractivity contribution is 5.70. The second-order valence-corrected chi connectivity index (χ2v) is 17.0. The number of allylic oxidation sites excluding steroid dienone is 22. The molecule has 0 saturated heterocycles. The van der Waals surface area contributed by atoms with E-state index in [0.717, 1.165) is 148 Å². The van der Waals surface area contributed by atoms with Gasteiger partial charge in [-0.25, -0.2) is 0 Å². The number of esters is 2. The van der Waals surface area contributed by atoms with E-state index in [-0.39, 0.29) is 25.2 Å². The summed E-state index contributed by atoms with van der Waals surface area (Å²) in [6.45, 7) is 7.37. The van der Waals surface area contributed by atoms with E-state index in [2.05, 4.69) is 154 Å². The Labute approximate surface area is 407 Å². The van der Waals surface area contributed by atoms with Gasteiger partial charge < -0.3 is 14.2 Å². The lowest BCUT2D eigenvalue weighted by atomic mass is 10.1. The van der Waals surface area contributed by atoms with Gasteiger partial charge in [0, 0.05) is 19.4 Å². The van der Waals surface area contributed by atoms with E-state index < -0.39 is 6.10 Å². The molecule has 0 heterocycles. The van der Waals surface area contributed by atoms with Crippen molar-refractivity contribution in [2.24, 2.45) is 0 Å². The zero-order valence-electron chi connectivity index (χ0n) is 42.7. The molecule has 0 aromatic carbocycles. The van der Waals surface area contributed by atoms with Gasteiger partial charge in [0.1, 0.15) is 6.61 Å². The summed E-state index contributed by atoms with van der Waals surface area (Å²) >= 11 is 0. The molecule has 0 fully saturated rings. The molecule has 0 amide bonds. The van der Waals surface area contributed by atoms with Crippen LogP contribution in [0.5, 0.6) is 0 Å². The third-order valence-electron chi connectivity index (χ3n) is 10.7. The summed E-state index contributed by atoms with van der Waals surface area (Å²) in [5.41, 5.74) is 0. The predicted molar refractivity (Wildman–Crippen MR) is 288 cm³/mol. The Kier molecular flexibility index (Phi) is 52.0. The lowest BCUT2D eigenvalue weighted by Gasteiger charge is -2.18. The van der Waals surface area contributed by atoms with Gasteiger partial charge in [-0.05, 0) is 128 Å². The summed E-state index contributed by atoms with van der Waals surface area (Å²) in [6.07, 6.45) is 78.9. The maximum atomic E-state index is 12.8. The molecule has 0 aromatic rings. The summed E-state index contributed by atoms with van der Waals surface area (Å²) in [6, 6.07) is 0. The van der Waals surface area contributed by atoms with Gasteiger partial charge in [-0.3, -0.25) is 9.59 Å². The second-order valence-electron chi connectivity index (χ2n) is 17.0. The molecular formula is C61H98O5. The molecule has 372 valence electrons. The van der Waals surface area contributed by atoms with E-state index in [4.69, 9.17) is 14.2 Å². The Morgan fingerprint density at radius 3 is 1.02 bits per heavy atom. The molecule has 0 aromatic heterocycles. The van der Waals surface area contributed by atoms with E-state index in [0.29, 0.717) is 19.4 Å². The van der Waals surface area contributed by atoms with E-state index in [1.807, 2.05) is 0 Å². The van der Waals surface area contributed by atoms with Crippen LogP contribution in [0.1, 0.15) is 213 Å². The highest BCUT2D eigenvalue weighted by Gasteiger charge is 2.17. The number of hydrogen-bond acceptors (Lipinski definition) is 5. The minimum atomic E-state index is -0.578. The first-order valence-electron chi connectivity index (χ1n) is 26.7. The van der Waals surface area contributed by atoms with Crippen LogP contribution in [0, 0.1) is 0 Å². The van der Waals surface area contributed by atoms with E-state index in [1.165, 1.54) is 32.1 Å². The first-order valence-corrected chi connectivity index (χ1v) is 26.7. The van der Waals surface area contributed by atoms with Crippen molar-refractivity contribution in [3.63, 3.8) is 0 Å². The fourth-order valence-electron chi connectivity index (χ4n) is 6.80. The first kappa shape index (κ1) is 62.0. The lowest BCUT2D eigenvalue weighted by molar-refractivity contribution is -0.163. The Bertz CT molecular complexity index is 1400. The lowest BCUT2D eigenvalue weighted by Crippen LogP contribution is -2.30. The molecule has 0 bridgehead atoms. The van der Waals surface area contributed by atoms with Crippen LogP contribution in [-0.2, 0) is 23.8 Å². The largest absolute Gasteiger partial charge is 0.462 e. The summed E-state index contributed by atoms with van der Waals surface area (Å²) in [5, 5.41) is 0. The van der Waals surface area contributed by atoms with Crippen LogP contribution < -0.4 is 0 Å². The normalized spacial score (nSPS) is 13.3. The molecule has 0 saturated carbocycles. The van der Waals surface area contributed by atoms with Crippen molar-refractivity contribution in [2.45, 2.75) is 219 Å². The standard InChI is InChI=1S/C61H98O5/c1-4-7-10-13-16-19-22-25-28-30-31-32-34-36-39-42-45-48-51-54-60(62)65-58-59(57-64-56-53-50-47-44-41-38-35-29-26-23-20-17-14-11-8-5-2)66-61(63)55-52-49-46-43-40-37-33-27-24-21-18-15-12-9-6-3/h7-12,16-21,25-29,31-33,38,41,59H,4-6,13-15,22-24,30,34-37,39-40,42-58H2,1-3H3/b10-7-,11-8-,12-9-,19-16-,20-17-,21-18-,28-25-,29-26-,32-31-,33-27-,41-38-. The fraction of sp³-hybridized carbons (Fsp3) is 0.607. The minimum Gasteiger partial charge on any atom is -0.462 e. The predicted octanol–water partition coefficient (Wildman–Crippen LogP) is 18.3. The summed E-state index contributed by atoms with van der Waals surface area (Å²) < 4.78 is 17.4. The summed E-state index contributed by atoms with van der Waals surface area (Å²) in [5.74, 6) is -0.460. The fourth-order valence-corrected chi connectivity index (χ4v) is 6.80. The third kappa shape index (κ3) is 52.7. The molecule has 0 spiro atoms. The Balaban J connectivity index is 4.41. The van der Waals surface area contributed by atoms with Gasteiger partial charge in [-0.1, -0.05) is 206 Å². The van der Waals surface area contributed by atoms with Crippen molar-refractivity contribution in [2.75, 3.05) is 19.8 Å². The summed E-state index contributed by atoms with van der Waals surface area (Å²) in [7, 11) is 0. The highest BCUT2D eigenvalue weighted by Crippen LogP contribution is 2.12. The van der Waals surface area contributed by atoms with E-state index in [9.17, 15) is 9.59 Å².